The molecule has 176 valence electrons. The van der Waals surface area contributed by atoms with Gasteiger partial charge in [0.05, 0.1) is 6.54 Å². The fraction of sp³-hybridized carbons (Fsp3) is 0.636. The van der Waals surface area contributed by atoms with E-state index < -0.39 is 23.4 Å². The van der Waals surface area contributed by atoms with Crippen molar-refractivity contribution in [2.75, 3.05) is 26.2 Å². The molecule has 2 aliphatic carbocycles. The van der Waals surface area contributed by atoms with E-state index in [1.54, 1.807) is 0 Å². The fourth-order valence-corrected chi connectivity index (χ4v) is 5.18. The first-order valence-corrected chi connectivity index (χ1v) is 11.2. The van der Waals surface area contributed by atoms with Crippen molar-refractivity contribution in [3.05, 3.63) is 34.6 Å². The van der Waals surface area contributed by atoms with Crippen LogP contribution in [0, 0.1) is 17.2 Å². The van der Waals surface area contributed by atoms with Crippen LogP contribution in [0.3, 0.4) is 0 Å². The molecule has 1 heterocycles. The van der Waals surface area contributed by atoms with Gasteiger partial charge in [-0.1, -0.05) is 11.6 Å². The van der Waals surface area contributed by atoms with Crippen molar-refractivity contribution in [2.24, 2.45) is 11.3 Å². The summed E-state index contributed by atoms with van der Waals surface area (Å²) in [4.78, 5) is 26.2. The van der Waals surface area contributed by atoms with Gasteiger partial charge in [-0.3, -0.25) is 14.5 Å². The molecule has 2 N–H and O–H groups in total. The molecule has 0 radical (unpaired) electrons. The van der Waals surface area contributed by atoms with Crippen LogP contribution in [0.25, 0.3) is 0 Å². The quantitative estimate of drug-likeness (QED) is 0.613. The Hall–Kier alpha value is -1.87. The number of nitrogens with zero attached hydrogens (tertiary/aromatic N) is 1. The normalized spacial score (nSPS) is 22.3. The maximum absolute atomic E-state index is 13.4. The van der Waals surface area contributed by atoms with Crippen molar-refractivity contribution in [3.63, 3.8) is 0 Å². The van der Waals surface area contributed by atoms with Crippen molar-refractivity contribution < 1.29 is 27.2 Å². The predicted octanol–water partition coefficient (Wildman–Crippen LogP) is 3.91. The standard InChI is InChI=1S/C22H26ClF4N3O2/c23-16-7-15(8-17(24)9-16)19(32)28-10-14-1-3-20(4-2-14)12-30(13-20)11-18(31)29-21(5-6-21)22(25,26)27/h7-9,14H,1-6,10-13H2,(H,28,32)(H,29,31). The van der Waals surface area contributed by atoms with Crippen molar-refractivity contribution >= 4 is 23.4 Å². The number of halogens is 5. The second kappa shape index (κ2) is 8.48. The number of rotatable bonds is 6. The van der Waals surface area contributed by atoms with Crippen LogP contribution in [-0.4, -0.2) is 54.6 Å². The summed E-state index contributed by atoms with van der Waals surface area (Å²) in [6, 6.07) is 3.72. The summed E-state index contributed by atoms with van der Waals surface area (Å²) >= 11 is 5.80. The SMILES string of the molecule is O=C(CN1CC2(CCC(CNC(=O)c3cc(F)cc(Cl)c3)CC2)C1)NC1(C(F)(F)F)CC1. The first kappa shape index (κ1) is 23.3. The average molecular weight is 476 g/mol. The number of carbonyl (C=O) groups excluding carboxylic acids is 2. The third-order valence-electron chi connectivity index (χ3n) is 7.00. The summed E-state index contributed by atoms with van der Waals surface area (Å²) in [6.07, 6.45) is -0.753. The Labute approximate surface area is 188 Å². The first-order chi connectivity index (χ1) is 15.0. The second-order valence-corrected chi connectivity index (χ2v) is 10.0. The van der Waals surface area contributed by atoms with E-state index in [2.05, 4.69) is 10.6 Å². The molecule has 10 heteroatoms. The van der Waals surface area contributed by atoms with E-state index in [9.17, 15) is 27.2 Å². The van der Waals surface area contributed by atoms with Gasteiger partial charge in [0.2, 0.25) is 5.91 Å². The smallest absolute Gasteiger partial charge is 0.352 e. The number of carbonyl (C=O) groups is 2. The molecular formula is C22H26ClF4N3O2. The van der Waals surface area contributed by atoms with Gasteiger partial charge < -0.3 is 10.6 Å². The molecule has 1 spiro atoms. The van der Waals surface area contributed by atoms with Crippen LogP contribution in [0.4, 0.5) is 17.6 Å². The first-order valence-electron chi connectivity index (χ1n) is 10.8. The Morgan fingerprint density at radius 2 is 1.75 bits per heavy atom. The number of hydrogen-bond donors (Lipinski definition) is 2. The maximum Gasteiger partial charge on any atom is 0.411 e. The average Bonchev–Trinajstić information content (AvgIpc) is 3.46. The summed E-state index contributed by atoms with van der Waals surface area (Å²) in [5.41, 5.74) is -1.71. The van der Waals surface area contributed by atoms with E-state index in [-0.39, 0.29) is 41.3 Å². The summed E-state index contributed by atoms with van der Waals surface area (Å²) in [7, 11) is 0. The lowest BCUT2D eigenvalue weighted by Crippen LogP contribution is -2.61. The van der Waals surface area contributed by atoms with E-state index in [1.165, 1.54) is 6.07 Å². The molecule has 5 nitrogen and oxygen atoms in total. The lowest BCUT2D eigenvalue weighted by Gasteiger charge is -2.53. The zero-order valence-corrected chi connectivity index (χ0v) is 18.3. The van der Waals surface area contributed by atoms with Gasteiger partial charge in [-0.25, -0.2) is 4.39 Å². The number of benzene rings is 1. The van der Waals surface area contributed by atoms with E-state index in [4.69, 9.17) is 11.6 Å². The topological polar surface area (TPSA) is 61.4 Å². The Morgan fingerprint density at radius 3 is 2.31 bits per heavy atom. The molecule has 1 aliphatic heterocycles. The monoisotopic (exact) mass is 475 g/mol. The van der Waals surface area contributed by atoms with Crippen LogP contribution in [-0.2, 0) is 4.79 Å². The van der Waals surface area contributed by atoms with Crippen molar-refractivity contribution in [1.29, 1.82) is 0 Å². The van der Waals surface area contributed by atoms with Gasteiger partial charge in [0.15, 0.2) is 0 Å². The lowest BCUT2D eigenvalue weighted by molar-refractivity contribution is -0.171. The summed E-state index contributed by atoms with van der Waals surface area (Å²) in [5, 5.41) is 5.19. The number of hydrogen-bond acceptors (Lipinski definition) is 3. The van der Waals surface area contributed by atoms with Gasteiger partial charge in [-0.15, -0.1) is 0 Å². The number of alkyl halides is 3. The molecule has 2 amide bonds. The van der Waals surface area contributed by atoms with Crippen molar-refractivity contribution in [1.82, 2.24) is 15.5 Å². The maximum atomic E-state index is 13.4. The Balaban J connectivity index is 1.17. The molecule has 4 rings (SSSR count). The van der Waals surface area contributed by atoms with Gasteiger partial charge in [0.1, 0.15) is 11.4 Å². The van der Waals surface area contributed by atoms with Gasteiger partial charge >= 0.3 is 6.18 Å². The molecule has 0 aromatic heterocycles. The molecule has 32 heavy (non-hydrogen) atoms. The summed E-state index contributed by atoms with van der Waals surface area (Å²) in [6.45, 7) is 1.91. The van der Waals surface area contributed by atoms with E-state index >= 15 is 0 Å². The van der Waals surface area contributed by atoms with Crippen LogP contribution in [0.15, 0.2) is 18.2 Å². The highest BCUT2D eigenvalue weighted by molar-refractivity contribution is 6.31. The number of nitrogens with one attached hydrogen (secondary N) is 2. The van der Waals surface area contributed by atoms with Crippen LogP contribution in [0.2, 0.25) is 5.02 Å². The van der Waals surface area contributed by atoms with Gasteiger partial charge in [-0.05, 0) is 68.1 Å². The van der Waals surface area contributed by atoms with E-state index in [1.807, 2.05) is 4.90 Å². The molecule has 1 aromatic rings. The minimum Gasteiger partial charge on any atom is -0.352 e. The minimum atomic E-state index is -4.40. The Morgan fingerprint density at radius 1 is 1.09 bits per heavy atom. The van der Waals surface area contributed by atoms with Gasteiger partial charge in [-0.2, -0.15) is 13.2 Å². The molecule has 0 atom stereocenters. The highest BCUT2D eigenvalue weighted by Crippen LogP contribution is 2.49. The molecule has 3 aliphatic rings. The Bertz CT molecular complexity index is 867. The Kier molecular flexibility index (Phi) is 6.17. The van der Waals surface area contributed by atoms with Gasteiger partial charge in [0.25, 0.3) is 5.91 Å². The van der Waals surface area contributed by atoms with Crippen molar-refractivity contribution in [2.45, 2.75) is 50.2 Å². The molecule has 3 fully saturated rings. The van der Waals surface area contributed by atoms with E-state index in [0.717, 1.165) is 37.8 Å². The molecule has 1 aromatic carbocycles. The van der Waals surface area contributed by atoms with Crippen LogP contribution in [0.5, 0.6) is 0 Å². The zero-order valence-electron chi connectivity index (χ0n) is 17.5. The molecular weight excluding hydrogens is 450 g/mol. The van der Waals surface area contributed by atoms with E-state index in [0.29, 0.717) is 25.6 Å². The zero-order chi connectivity index (χ0) is 23.1. The van der Waals surface area contributed by atoms with Crippen molar-refractivity contribution in [3.8, 4) is 0 Å². The molecule has 0 bridgehead atoms. The lowest BCUT2D eigenvalue weighted by atomic mass is 9.66. The minimum absolute atomic E-state index is 0.00470. The number of amides is 2. The molecule has 1 saturated heterocycles. The third-order valence-corrected chi connectivity index (χ3v) is 7.22. The number of likely N-dealkylation sites (tertiary alicyclic amines) is 1. The van der Waals surface area contributed by atoms with Gasteiger partial charge in [0, 0.05) is 30.2 Å². The van der Waals surface area contributed by atoms with Crippen LogP contribution >= 0.6 is 11.6 Å². The molecule has 2 saturated carbocycles. The highest BCUT2D eigenvalue weighted by atomic mass is 35.5. The highest BCUT2D eigenvalue weighted by Gasteiger charge is 2.64. The summed E-state index contributed by atoms with van der Waals surface area (Å²) < 4.78 is 52.4. The predicted molar refractivity (Wildman–Crippen MR) is 111 cm³/mol. The van der Waals surface area contributed by atoms with Crippen LogP contribution in [0.1, 0.15) is 48.9 Å². The van der Waals surface area contributed by atoms with Crippen LogP contribution < -0.4 is 10.6 Å². The third kappa shape index (κ3) is 5.03. The largest absolute Gasteiger partial charge is 0.411 e. The fourth-order valence-electron chi connectivity index (χ4n) is 4.96. The second-order valence-electron chi connectivity index (χ2n) is 9.58. The molecule has 0 unspecified atom stereocenters. The summed E-state index contributed by atoms with van der Waals surface area (Å²) in [5.74, 6) is -1.17.